The Morgan fingerprint density at radius 3 is 3.12 bits per heavy atom. The van der Waals surface area contributed by atoms with E-state index in [1.807, 2.05) is 13.1 Å². The van der Waals surface area contributed by atoms with Crippen LogP contribution in [0.25, 0.3) is 5.65 Å². The van der Waals surface area contributed by atoms with Crippen LogP contribution >= 0.6 is 0 Å². The van der Waals surface area contributed by atoms with Gasteiger partial charge in [0.25, 0.3) is 5.91 Å². The second-order valence-electron chi connectivity index (χ2n) is 6.15. The third kappa shape index (κ3) is 2.72. The number of amides is 1. The Hall–Kier alpha value is -3.20. The molecule has 0 fully saturated rings. The van der Waals surface area contributed by atoms with Gasteiger partial charge in [0.15, 0.2) is 11.5 Å². The zero-order chi connectivity index (χ0) is 18.3. The van der Waals surface area contributed by atoms with Crippen LogP contribution < -0.4 is 21.1 Å². The number of anilines is 2. The number of methoxy groups -OCH3 is 1. The quantitative estimate of drug-likeness (QED) is 0.640. The molecule has 3 aromatic heterocycles. The average molecular weight is 353 g/mol. The zero-order valence-corrected chi connectivity index (χ0v) is 14.5. The van der Waals surface area contributed by atoms with E-state index >= 15 is 0 Å². The van der Waals surface area contributed by atoms with E-state index in [0.29, 0.717) is 17.1 Å². The maximum Gasteiger partial charge on any atom is 0.263 e. The summed E-state index contributed by atoms with van der Waals surface area (Å²) in [7, 11) is 1.54. The summed E-state index contributed by atoms with van der Waals surface area (Å²) in [5, 5.41) is 10.3. The molecule has 1 aliphatic heterocycles. The molecule has 0 aliphatic carbocycles. The lowest BCUT2D eigenvalue weighted by atomic mass is 10.1. The summed E-state index contributed by atoms with van der Waals surface area (Å²) in [5.41, 5.74) is 9.96. The highest BCUT2D eigenvalue weighted by Crippen LogP contribution is 2.26. The van der Waals surface area contributed by atoms with Gasteiger partial charge in [0.1, 0.15) is 17.0 Å². The number of rotatable bonds is 3. The van der Waals surface area contributed by atoms with Crippen LogP contribution in [0.1, 0.15) is 27.3 Å². The number of pyridine rings is 1. The van der Waals surface area contributed by atoms with Crippen LogP contribution in [0.4, 0.5) is 11.5 Å². The zero-order valence-electron chi connectivity index (χ0n) is 14.5. The van der Waals surface area contributed by atoms with E-state index in [9.17, 15) is 4.79 Å². The number of aryl methyl sites for hydroxylation is 1. The van der Waals surface area contributed by atoms with Gasteiger partial charge in [-0.15, -0.1) is 5.10 Å². The van der Waals surface area contributed by atoms with Gasteiger partial charge < -0.3 is 21.1 Å². The van der Waals surface area contributed by atoms with Crippen molar-refractivity contribution in [1.29, 1.82) is 0 Å². The van der Waals surface area contributed by atoms with Gasteiger partial charge in [-0.05, 0) is 6.92 Å². The van der Waals surface area contributed by atoms with E-state index in [4.69, 9.17) is 10.5 Å². The number of carbonyl (C=O) groups excluding carboxylic acids is 1. The normalized spacial score (nSPS) is 13.5. The number of nitrogens with two attached hydrogens (primary N) is 1. The van der Waals surface area contributed by atoms with Crippen molar-refractivity contribution in [3.8, 4) is 5.75 Å². The summed E-state index contributed by atoms with van der Waals surface area (Å²) in [5.74, 6) is 0.254. The van der Waals surface area contributed by atoms with Gasteiger partial charge in [0.05, 0.1) is 19.0 Å². The minimum absolute atomic E-state index is 0.129. The number of ether oxygens (including phenoxy) is 1. The molecule has 0 unspecified atom stereocenters. The molecule has 3 aromatic rings. The molecule has 0 spiro atoms. The Kier molecular flexibility index (Phi) is 3.92. The number of fused-ring (bicyclic) bond motifs is 2. The van der Waals surface area contributed by atoms with Crippen molar-refractivity contribution < 1.29 is 9.53 Å². The predicted molar refractivity (Wildman–Crippen MR) is 96.3 cm³/mol. The first-order chi connectivity index (χ1) is 12.6. The topological polar surface area (TPSA) is 119 Å². The van der Waals surface area contributed by atoms with Crippen LogP contribution in [0.2, 0.25) is 0 Å². The van der Waals surface area contributed by atoms with Crippen molar-refractivity contribution in [2.24, 2.45) is 0 Å². The molecule has 4 N–H and O–H groups in total. The van der Waals surface area contributed by atoms with Crippen molar-refractivity contribution in [3.63, 3.8) is 0 Å². The second-order valence-corrected chi connectivity index (χ2v) is 6.15. The second kappa shape index (κ2) is 6.26. The van der Waals surface area contributed by atoms with Gasteiger partial charge in [-0.25, -0.2) is 9.50 Å². The van der Waals surface area contributed by atoms with Gasteiger partial charge >= 0.3 is 0 Å². The van der Waals surface area contributed by atoms with Crippen molar-refractivity contribution in [2.45, 2.75) is 19.9 Å². The number of nitrogen functional groups attached to an aromatic ring is 1. The Bertz CT molecular complexity index is 1010. The van der Waals surface area contributed by atoms with Crippen LogP contribution in [0.15, 0.2) is 18.5 Å². The summed E-state index contributed by atoms with van der Waals surface area (Å²) >= 11 is 0. The van der Waals surface area contributed by atoms with Crippen LogP contribution in [0.5, 0.6) is 5.75 Å². The number of hydrogen-bond acceptors (Lipinski definition) is 7. The van der Waals surface area contributed by atoms with Gasteiger partial charge in [-0.3, -0.25) is 9.78 Å². The Balaban J connectivity index is 1.74. The minimum atomic E-state index is -0.400. The summed E-state index contributed by atoms with van der Waals surface area (Å²) in [6.07, 6.45) is 4.22. The van der Waals surface area contributed by atoms with Crippen LogP contribution in [-0.2, 0) is 13.0 Å². The number of nitrogens with zero attached hydrogens (tertiary/aromatic N) is 4. The summed E-state index contributed by atoms with van der Waals surface area (Å²) in [6.45, 7) is 3.43. The van der Waals surface area contributed by atoms with Crippen molar-refractivity contribution in [1.82, 2.24) is 24.9 Å². The molecule has 9 heteroatoms. The first-order valence-electron chi connectivity index (χ1n) is 8.26. The molecular weight excluding hydrogens is 334 g/mol. The number of hydrogen-bond donors (Lipinski definition) is 3. The molecule has 0 bridgehead atoms. The Morgan fingerprint density at radius 1 is 1.46 bits per heavy atom. The highest BCUT2D eigenvalue weighted by molar-refractivity contribution is 6.12. The molecule has 1 aliphatic rings. The molecule has 9 nitrogen and oxygen atoms in total. The predicted octanol–water partition coefficient (Wildman–Crippen LogP) is 0.922. The fourth-order valence-electron chi connectivity index (χ4n) is 3.06. The van der Waals surface area contributed by atoms with Crippen LogP contribution in [-0.4, -0.2) is 39.1 Å². The standard InChI is InChI=1S/C17H19N7O2/c1-9-5-13(26-2)12(7-20-9)22-17(25)14-15(18)23-24-8-10-6-19-4-3-11(10)21-16(14)24/h5,7-8,19H,3-4,6H2,1-2H3,(H2,18,23)(H,22,25). The van der Waals surface area contributed by atoms with Crippen LogP contribution in [0, 0.1) is 6.92 Å². The lowest BCUT2D eigenvalue weighted by Crippen LogP contribution is -2.25. The molecule has 0 saturated heterocycles. The fraction of sp³-hybridized carbons (Fsp3) is 0.294. The minimum Gasteiger partial charge on any atom is -0.494 e. The van der Waals surface area contributed by atoms with Crippen molar-refractivity contribution in [2.75, 3.05) is 24.7 Å². The van der Waals surface area contributed by atoms with Gasteiger partial charge in [-0.1, -0.05) is 0 Å². The lowest BCUT2D eigenvalue weighted by molar-refractivity contribution is 0.102. The third-order valence-electron chi connectivity index (χ3n) is 4.35. The largest absolute Gasteiger partial charge is 0.494 e. The van der Waals surface area contributed by atoms with Crippen molar-refractivity contribution in [3.05, 3.63) is 41.0 Å². The molecule has 1 amide bonds. The molecule has 0 atom stereocenters. The van der Waals surface area contributed by atoms with E-state index < -0.39 is 5.91 Å². The maximum atomic E-state index is 12.9. The van der Waals surface area contributed by atoms with Gasteiger partial charge in [0.2, 0.25) is 0 Å². The van der Waals surface area contributed by atoms with Gasteiger partial charge in [-0.2, -0.15) is 0 Å². The summed E-state index contributed by atoms with van der Waals surface area (Å²) < 4.78 is 6.86. The van der Waals surface area contributed by atoms with E-state index in [2.05, 4.69) is 25.7 Å². The molecule has 4 rings (SSSR count). The lowest BCUT2D eigenvalue weighted by Gasteiger charge is -2.16. The average Bonchev–Trinajstić information content (AvgIpc) is 2.95. The van der Waals surface area contributed by atoms with E-state index in [-0.39, 0.29) is 11.4 Å². The molecule has 134 valence electrons. The summed E-state index contributed by atoms with van der Waals surface area (Å²) in [6, 6.07) is 1.75. The maximum absolute atomic E-state index is 12.9. The first-order valence-corrected chi connectivity index (χ1v) is 8.26. The molecule has 0 aromatic carbocycles. The Morgan fingerprint density at radius 2 is 2.31 bits per heavy atom. The van der Waals surface area contributed by atoms with Crippen molar-refractivity contribution >= 4 is 23.1 Å². The third-order valence-corrected chi connectivity index (χ3v) is 4.35. The molecular formula is C17H19N7O2. The highest BCUT2D eigenvalue weighted by Gasteiger charge is 2.23. The summed E-state index contributed by atoms with van der Waals surface area (Å²) in [4.78, 5) is 21.7. The first kappa shape index (κ1) is 16.3. The number of carbonyl (C=O) groups is 1. The van der Waals surface area contributed by atoms with Crippen LogP contribution in [0.3, 0.4) is 0 Å². The smallest absolute Gasteiger partial charge is 0.263 e. The van der Waals surface area contributed by atoms with E-state index in [0.717, 1.165) is 36.5 Å². The number of nitrogens with one attached hydrogen (secondary N) is 2. The fourth-order valence-corrected chi connectivity index (χ4v) is 3.06. The van der Waals surface area contributed by atoms with E-state index in [1.165, 1.54) is 7.11 Å². The van der Waals surface area contributed by atoms with E-state index in [1.54, 1.807) is 16.8 Å². The molecule has 0 radical (unpaired) electrons. The monoisotopic (exact) mass is 353 g/mol. The SMILES string of the molecule is COc1cc(C)ncc1NC(=O)c1c(N)nn2cc3c(nc12)CCNC3. The molecule has 0 saturated carbocycles. The number of aromatic nitrogens is 4. The van der Waals surface area contributed by atoms with Gasteiger partial charge in [0, 0.05) is 43.0 Å². The highest BCUT2D eigenvalue weighted by atomic mass is 16.5. The Labute approximate surface area is 149 Å². The molecule has 4 heterocycles. The molecule has 26 heavy (non-hydrogen) atoms.